The summed E-state index contributed by atoms with van der Waals surface area (Å²) in [5, 5.41) is 12.4. The van der Waals surface area contributed by atoms with Crippen LogP contribution in [0.2, 0.25) is 0 Å². The van der Waals surface area contributed by atoms with Crippen LogP contribution in [0.15, 0.2) is 28.6 Å². The monoisotopic (exact) mass is 178 g/mol. The van der Waals surface area contributed by atoms with E-state index in [1.54, 1.807) is 0 Å². The van der Waals surface area contributed by atoms with Gasteiger partial charge in [-0.1, -0.05) is 0 Å². The lowest BCUT2D eigenvalue weighted by Crippen LogP contribution is -2.10. The smallest absolute Gasteiger partial charge is 0.125 e. The normalized spacial score (nSPS) is 9.23. The summed E-state index contributed by atoms with van der Waals surface area (Å²) in [6, 6.07) is 3.86. The van der Waals surface area contributed by atoms with Crippen molar-refractivity contribution < 1.29 is 0 Å². The van der Waals surface area contributed by atoms with Gasteiger partial charge >= 0.3 is 0 Å². The molecule has 1 aromatic rings. The number of nitrogens with two attached hydrogens (primary N) is 1. The van der Waals surface area contributed by atoms with Crippen molar-refractivity contribution in [2.24, 2.45) is 16.1 Å². The van der Waals surface area contributed by atoms with E-state index in [-0.39, 0.29) is 22.8 Å². The van der Waals surface area contributed by atoms with Crippen molar-refractivity contribution in [2.45, 2.75) is 0 Å². The van der Waals surface area contributed by atoms with Gasteiger partial charge in [0.2, 0.25) is 0 Å². The Labute approximate surface area is 73.2 Å². The number of hydrogen-bond donors (Lipinski definition) is 2. The van der Waals surface area contributed by atoms with Crippen LogP contribution in [0.5, 0.6) is 0 Å². The van der Waals surface area contributed by atoms with Crippen molar-refractivity contribution in [1.82, 2.24) is 0 Å². The second-order valence-electron chi connectivity index (χ2n) is 2.30. The van der Waals surface area contributed by atoms with Gasteiger partial charge in [-0.05, 0) is 28.6 Å². The van der Waals surface area contributed by atoms with Gasteiger partial charge in [0, 0.05) is 5.56 Å². The summed E-state index contributed by atoms with van der Waals surface area (Å²) in [5.41, 5.74) is 5.41. The predicted octanol–water partition coefficient (Wildman–Crippen LogP) is 1.77. The Morgan fingerprint density at radius 1 is 1.31 bits per heavy atom. The van der Waals surface area contributed by atoms with E-state index < -0.39 is 0 Å². The minimum Gasteiger partial charge on any atom is -0.384 e. The fourth-order valence-corrected chi connectivity index (χ4v) is 0.876. The molecule has 6 nitrogen and oxygen atoms in total. The van der Waals surface area contributed by atoms with Crippen LogP contribution >= 0.6 is 0 Å². The van der Waals surface area contributed by atoms with Gasteiger partial charge in [0.15, 0.2) is 0 Å². The average molecular weight is 178 g/mol. The molecule has 0 spiro atoms. The quantitative estimate of drug-likeness (QED) is 0.418. The summed E-state index contributed by atoms with van der Waals surface area (Å²) in [4.78, 5) is 20.3. The number of amidine groups is 1. The van der Waals surface area contributed by atoms with Crippen LogP contribution in [0.4, 0.5) is 11.4 Å². The molecule has 1 rings (SSSR count). The molecule has 0 radical (unpaired) electrons. The molecule has 66 valence electrons. The van der Waals surface area contributed by atoms with Crippen molar-refractivity contribution in [3.05, 3.63) is 33.6 Å². The molecule has 0 heterocycles. The number of nitrogens with one attached hydrogen (secondary N) is 1. The number of nitroso groups, excluding NO2 is 2. The molecule has 0 aliphatic carbocycles. The first-order valence-electron chi connectivity index (χ1n) is 3.34. The Morgan fingerprint density at radius 3 is 2.46 bits per heavy atom. The van der Waals surface area contributed by atoms with Crippen LogP contribution in [0, 0.1) is 15.2 Å². The minimum atomic E-state index is -0.319. The van der Waals surface area contributed by atoms with Crippen molar-refractivity contribution in [2.75, 3.05) is 0 Å². The Balaban J connectivity index is 3.33. The Morgan fingerprint density at radius 2 is 2.00 bits per heavy atom. The Hall–Kier alpha value is -2.11. The highest BCUT2D eigenvalue weighted by Crippen LogP contribution is 2.23. The van der Waals surface area contributed by atoms with Gasteiger partial charge in [-0.2, -0.15) is 0 Å². The fraction of sp³-hybridized carbons (Fsp3) is 0. The summed E-state index contributed by atoms with van der Waals surface area (Å²) >= 11 is 0. The second kappa shape index (κ2) is 3.53. The zero-order valence-electron chi connectivity index (χ0n) is 6.52. The van der Waals surface area contributed by atoms with E-state index in [4.69, 9.17) is 11.1 Å². The average Bonchev–Trinajstić information content (AvgIpc) is 2.16. The maximum absolute atomic E-state index is 10.2. The third-order valence-electron chi connectivity index (χ3n) is 1.47. The maximum atomic E-state index is 10.2. The highest BCUT2D eigenvalue weighted by atomic mass is 16.3. The lowest BCUT2D eigenvalue weighted by molar-refractivity contribution is 1.38. The van der Waals surface area contributed by atoms with Crippen molar-refractivity contribution >= 4 is 17.2 Å². The van der Waals surface area contributed by atoms with E-state index in [0.717, 1.165) is 0 Å². The number of nitrogens with zero attached hydrogens (tertiary/aromatic N) is 2. The molecule has 1 aromatic carbocycles. The molecule has 0 fully saturated rings. The molecule has 13 heavy (non-hydrogen) atoms. The van der Waals surface area contributed by atoms with Crippen LogP contribution in [0.1, 0.15) is 5.56 Å². The van der Waals surface area contributed by atoms with Crippen molar-refractivity contribution in [3.8, 4) is 0 Å². The molecule has 0 atom stereocenters. The van der Waals surface area contributed by atoms with Crippen LogP contribution in [-0.4, -0.2) is 5.84 Å². The summed E-state index contributed by atoms with van der Waals surface area (Å²) in [7, 11) is 0. The van der Waals surface area contributed by atoms with Crippen LogP contribution < -0.4 is 5.73 Å². The van der Waals surface area contributed by atoms with E-state index >= 15 is 0 Å². The third kappa shape index (κ3) is 1.73. The highest BCUT2D eigenvalue weighted by molar-refractivity contribution is 6.00. The van der Waals surface area contributed by atoms with E-state index in [1.807, 2.05) is 0 Å². The topological polar surface area (TPSA) is 109 Å². The summed E-state index contributed by atoms with van der Waals surface area (Å²) in [6.45, 7) is 0. The fourth-order valence-electron chi connectivity index (χ4n) is 0.876. The third-order valence-corrected chi connectivity index (χ3v) is 1.47. The number of hydrogen-bond acceptors (Lipinski definition) is 5. The molecule has 0 aromatic heterocycles. The molecule has 0 saturated heterocycles. The molecular formula is C7H6N4O2. The minimum absolute atomic E-state index is 0.0277. The standard InChI is InChI=1S/C7H6N4O2/c8-7(9)5-3-4(10-12)1-2-6(5)11-13/h1-3H,(H3,8,9). The van der Waals surface area contributed by atoms with Crippen LogP contribution in [-0.2, 0) is 0 Å². The largest absolute Gasteiger partial charge is 0.384 e. The summed E-state index contributed by atoms with van der Waals surface area (Å²) in [5.74, 6) is -0.319. The molecule has 0 aliphatic rings. The first-order chi connectivity index (χ1) is 6.19. The van der Waals surface area contributed by atoms with Crippen molar-refractivity contribution in [3.63, 3.8) is 0 Å². The number of nitrogen functional groups attached to an aromatic ring is 1. The zero-order valence-corrected chi connectivity index (χ0v) is 6.52. The van der Waals surface area contributed by atoms with Gasteiger partial charge in [-0.3, -0.25) is 5.41 Å². The van der Waals surface area contributed by atoms with Gasteiger partial charge in [0.25, 0.3) is 0 Å². The molecule has 0 unspecified atom stereocenters. The molecule has 3 N–H and O–H groups in total. The van der Waals surface area contributed by atoms with Gasteiger partial charge in [0.1, 0.15) is 17.2 Å². The van der Waals surface area contributed by atoms with Crippen molar-refractivity contribution in [1.29, 1.82) is 5.41 Å². The predicted molar refractivity (Wildman–Crippen MR) is 48.4 cm³/mol. The Kier molecular flexibility index (Phi) is 2.44. The zero-order chi connectivity index (χ0) is 9.84. The van der Waals surface area contributed by atoms with E-state index in [1.165, 1.54) is 18.2 Å². The maximum Gasteiger partial charge on any atom is 0.125 e. The lowest BCUT2D eigenvalue weighted by atomic mass is 10.1. The van der Waals surface area contributed by atoms with Gasteiger partial charge in [-0.25, -0.2) is 0 Å². The lowest BCUT2D eigenvalue weighted by Gasteiger charge is -2.00. The van der Waals surface area contributed by atoms with Crippen LogP contribution in [0.25, 0.3) is 0 Å². The van der Waals surface area contributed by atoms with Gasteiger partial charge in [0.05, 0.1) is 0 Å². The number of rotatable bonds is 3. The molecular weight excluding hydrogens is 172 g/mol. The number of benzene rings is 1. The Bertz CT molecular complexity index is 375. The van der Waals surface area contributed by atoms with E-state index in [2.05, 4.69) is 10.4 Å². The van der Waals surface area contributed by atoms with E-state index in [9.17, 15) is 9.81 Å². The first-order valence-corrected chi connectivity index (χ1v) is 3.34. The molecule has 0 amide bonds. The SMILES string of the molecule is N=C(N)c1cc(N=O)ccc1N=O. The van der Waals surface area contributed by atoms with Crippen LogP contribution in [0.3, 0.4) is 0 Å². The highest BCUT2D eigenvalue weighted by Gasteiger charge is 2.07. The molecule has 0 bridgehead atoms. The van der Waals surface area contributed by atoms with Gasteiger partial charge in [-0.15, -0.1) is 9.81 Å². The van der Waals surface area contributed by atoms with E-state index in [0.29, 0.717) is 0 Å². The van der Waals surface area contributed by atoms with Gasteiger partial charge < -0.3 is 5.73 Å². The second-order valence-corrected chi connectivity index (χ2v) is 2.30. The molecule has 0 saturated carbocycles. The molecule has 6 heteroatoms. The first kappa shape index (κ1) is 8.98. The molecule has 0 aliphatic heterocycles. The summed E-state index contributed by atoms with van der Waals surface area (Å²) in [6.07, 6.45) is 0. The summed E-state index contributed by atoms with van der Waals surface area (Å²) < 4.78 is 0.